The van der Waals surface area contributed by atoms with Crippen LogP contribution in [0.25, 0.3) is 0 Å². The van der Waals surface area contributed by atoms with Crippen molar-refractivity contribution in [2.75, 3.05) is 18.1 Å². The Morgan fingerprint density at radius 3 is 2.32 bits per heavy atom. The van der Waals surface area contributed by atoms with Gasteiger partial charge in [-0.15, -0.1) is 0 Å². The first-order chi connectivity index (χ1) is 8.69. The third-order valence-electron chi connectivity index (χ3n) is 5.19. The van der Waals surface area contributed by atoms with E-state index in [0.717, 1.165) is 11.5 Å². The fourth-order valence-corrected chi connectivity index (χ4v) is 4.36. The molecule has 0 aromatic rings. The van der Waals surface area contributed by atoms with Crippen LogP contribution in [0.4, 0.5) is 0 Å². The van der Waals surface area contributed by atoms with E-state index in [1.165, 1.54) is 0 Å². The molecule has 1 unspecified atom stereocenters. The van der Waals surface area contributed by atoms with Crippen LogP contribution in [0.1, 0.15) is 34.1 Å². The van der Waals surface area contributed by atoms with Crippen molar-refractivity contribution in [2.24, 2.45) is 16.7 Å². The molecule has 2 rings (SSSR count). The second-order valence-electron chi connectivity index (χ2n) is 6.73. The molecular weight excluding hydrogens is 262 g/mol. The number of carbonyl (C=O) groups excluding carboxylic acids is 1. The highest BCUT2D eigenvalue weighted by Crippen LogP contribution is 2.68. The smallest absolute Gasteiger partial charge is 0.305 e. The van der Waals surface area contributed by atoms with Gasteiger partial charge in [0.1, 0.15) is 0 Å². The van der Waals surface area contributed by atoms with Gasteiger partial charge in [-0.3, -0.25) is 9.59 Å². The zero-order valence-corrected chi connectivity index (χ0v) is 12.9. The van der Waals surface area contributed by atoms with Gasteiger partial charge in [-0.2, -0.15) is 11.8 Å². The van der Waals surface area contributed by atoms with Crippen molar-refractivity contribution in [3.05, 3.63) is 0 Å². The summed E-state index contributed by atoms with van der Waals surface area (Å²) in [6, 6.07) is -0.143. The molecule has 0 aromatic carbocycles. The molecule has 2 aliphatic rings. The lowest BCUT2D eigenvalue weighted by atomic mass is 10.0. The minimum Gasteiger partial charge on any atom is -0.481 e. The zero-order valence-electron chi connectivity index (χ0n) is 12.1. The van der Waals surface area contributed by atoms with Crippen molar-refractivity contribution in [1.82, 2.24) is 4.90 Å². The highest BCUT2D eigenvalue weighted by Gasteiger charge is 2.69. The molecule has 2 fully saturated rings. The van der Waals surface area contributed by atoms with Crippen LogP contribution >= 0.6 is 11.8 Å². The number of thioether (sulfide) groups is 1. The Bertz CT molecular complexity index is 391. The molecule has 19 heavy (non-hydrogen) atoms. The number of carbonyl (C=O) groups is 2. The average Bonchev–Trinajstić information content (AvgIpc) is 2.68. The summed E-state index contributed by atoms with van der Waals surface area (Å²) < 4.78 is 0. The summed E-state index contributed by atoms with van der Waals surface area (Å²) in [4.78, 5) is 25.5. The fraction of sp³-hybridized carbons (Fsp3) is 0.857. The number of amides is 1. The van der Waals surface area contributed by atoms with Gasteiger partial charge in [0, 0.05) is 24.0 Å². The molecule has 1 aliphatic heterocycles. The lowest BCUT2D eigenvalue weighted by Crippen LogP contribution is -2.48. The number of hydrogen-bond donors (Lipinski definition) is 1. The van der Waals surface area contributed by atoms with E-state index in [9.17, 15) is 9.59 Å². The van der Waals surface area contributed by atoms with E-state index in [-0.39, 0.29) is 35.1 Å². The Hall–Kier alpha value is -0.710. The summed E-state index contributed by atoms with van der Waals surface area (Å²) in [7, 11) is 0. The third-order valence-corrected chi connectivity index (χ3v) is 6.28. The van der Waals surface area contributed by atoms with E-state index in [2.05, 4.69) is 27.7 Å². The first-order valence-electron chi connectivity index (χ1n) is 6.79. The topological polar surface area (TPSA) is 57.6 Å². The number of hydrogen-bond acceptors (Lipinski definition) is 3. The Kier molecular flexibility index (Phi) is 3.62. The summed E-state index contributed by atoms with van der Waals surface area (Å²) in [6.07, 6.45) is 0.0618. The van der Waals surface area contributed by atoms with Crippen molar-refractivity contribution < 1.29 is 14.7 Å². The lowest BCUT2D eigenvalue weighted by molar-refractivity contribution is -0.141. The SMILES string of the molecule is CC1(C)C(C(=O)N2CCSCC2CC(=O)O)C1(C)C. The van der Waals surface area contributed by atoms with Crippen LogP contribution in [0.5, 0.6) is 0 Å². The van der Waals surface area contributed by atoms with Gasteiger partial charge in [0.25, 0.3) is 0 Å². The molecule has 1 saturated carbocycles. The Morgan fingerprint density at radius 2 is 1.84 bits per heavy atom. The van der Waals surface area contributed by atoms with E-state index in [4.69, 9.17) is 5.11 Å². The van der Waals surface area contributed by atoms with Crippen LogP contribution in [-0.4, -0.2) is 46.0 Å². The van der Waals surface area contributed by atoms with Crippen molar-refractivity contribution in [2.45, 2.75) is 40.2 Å². The second kappa shape index (κ2) is 4.69. The monoisotopic (exact) mass is 285 g/mol. The van der Waals surface area contributed by atoms with Crippen LogP contribution < -0.4 is 0 Å². The van der Waals surface area contributed by atoms with Crippen LogP contribution in [0.15, 0.2) is 0 Å². The number of nitrogens with zero attached hydrogens (tertiary/aromatic N) is 1. The lowest BCUT2D eigenvalue weighted by Gasteiger charge is -2.35. The van der Waals surface area contributed by atoms with Gasteiger partial charge in [-0.1, -0.05) is 27.7 Å². The predicted octanol–water partition coefficient (Wildman–Crippen LogP) is 2.09. The highest BCUT2D eigenvalue weighted by molar-refractivity contribution is 7.99. The van der Waals surface area contributed by atoms with Gasteiger partial charge in [0.2, 0.25) is 5.91 Å². The standard InChI is InChI=1S/C14H23NO3S/c1-13(2)11(14(13,3)4)12(18)15-5-6-19-8-9(15)7-10(16)17/h9,11H,5-8H2,1-4H3,(H,16,17). The van der Waals surface area contributed by atoms with Gasteiger partial charge in [-0.05, 0) is 10.8 Å². The van der Waals surface area contributed by atoms with E-state index < -0.39 is 5.97 Å². The molecule has 0 bridgehead atoms. The van der Waals surface area contributed by atoms with Gasteiger partial charge in [-0.25, -0.2) is 0 Å². The van der Waals surface area contributed by atoms with Gasteiger partial charge in [0.05, 0.1) is 12.5 Å². The molecule has 1 atom stereocenters. The largest absolute Gasteiger partial charge is 0.481 e. The molecule has 0 aromatic heterocycles. The van der Waals surface area contributed by atoms with Crippen LogP contribution in [0.2, 0.25) is 0 Å². The fourth-order valence-electron chi connectivity index (χ4n) is 3.30. The van der Waals surface area contributed by atoms with Gasteiger partial charge in [0.15, 0.2) is 0 Å². The minimum absolute atomic E-state index is 0.0163. The molecule has 1 aliphatic carbocycles. The number of aliphatic carboxylic acids is 1. The number of carboxylic acids is 1. The summed E-state index contributed by atoms with van der Waals surface area (Å²) in [5.74, 6) is 1.02. The molecule has 1 saturated heterocycles. The van der Waals surface area contributed by atoms with Crippen molar-refractivity contribution >= 4 is 23.6 Å². The molecule has 108 valence electrons. The van der Waals surface area contributed by atoms with Gasteiger partial charge < -0.3 is 10.0 Å². The molecular formula is C14H23NO3S. The van der Waals surface area contributed by atoms with Crippen LogP contribution in [0.3, 0.4) is 0 Å². The Morgan fingerprint density at radius 1 is 1.26 bits per heavy atom. The van der Waals surface area contributed by atoms with Crippen molar-refractivity contribution in [3.63, 3.8) is 0 Å². The normalized spacial score (nSPS) is 29.1. The van der Waals surface area contributed by atoms with Crippen molar-refractivity contribution in [3.8, 4) is 0 Å². The number of carboxylic acid groups (broad SMARTS) is 1. The van der Waals surface area contributed by atoms with Crippen molar-refractivity contribution in [1.29, 1.82) is 0 Å². The maximum absolute atomic E-state index is 12.7. The van der Waals surface area contributed by atoms with Crippen LogP contribution in [0, 0.1) is 16.7 Å². The molecule has 0 spiro atoms. The first-order valence-corrected chi connectivity index (χ1v) is 7.95. The molecule has 1 heterocycles. The predicted molar refractivity (Wildman–Crippen MR) is 76.1 cm³/mol. The van der Waals surface area contributed by atoms with E-state index in [1.54, 1.807) is 11.8 Å². The molecule has 1 N–H and O–H groups in total. The maximum atomic E-state index is 12.7. The zero-order chi connectivity index (χ0) is 14.4. The Labute approximate surface area is 118 Å². The van der Waals surface area contributed by atoms with E-state index in [1.807, 2.05) is 4.90 Å². The number of rotatable bonds is 3. The summed E-state index contributed by atoms with van der Waals surface area (Å²) in [5, 5.41) is 8.98. The van der Waals surface area contributed by atoms with E-state index in [0.29, 0.717) is 6.54 Å². The quantitative estimate of drug-likeness (QED) is 0.862. The van der Waals surface area contributed by atoms with E-state index >= 15 is 0 Å². The second-order valence-corrected chi connectivity index (χ2v) is 7.88. The third kappa shape index (κ3) is 2.37. The average molecular weight is 285 g/mol. The maximum Gasteiger partial charge on any atom is 0.305 e. The first kappa shape index (κ1) is 14.7. The summed E-state index contributed by atoms with van der Waals surface area (Å²) in [5.41, 5.74) is 0.0326. The molecule has 1 amide bonds. The summed E-state index contributed by atoms with van der Waals surface area (Å²) in [6.45, 7) is 9.19. The molecule has 4 nitrogen and oxygen atoms in total. The Balaban J connectivity index is 2.11. The summed E-state index contributed by atoms with van der Waals surface area (Å²) >= 11 is 1.74. The molecule has 5 heteroatoms. The van der Waals surface area contributed by atoms with Gasteiger partial charge >= 0.3 is 5.97 Å². The molecule has 0 radical (unpaired) electrons. The van der Waals surface area contributed by atoms with Crippen LogP contribution in [-0.2, 0) is 9.59 Å². The highest BCUT2D eigenvalue weighted by atomic mass is 32.2. The minimum atomic E-state index is -0.820.